The lowest BCUT2D eigenvalue weighted by atomic mass is 10.2. The van der Waals surface area contributed by atoms with Crippen LogP contribution in [0.15, 0.2) is 18.2 Å². The molecule has 1 aromatic carbocycles. The number of ether oxygens (including phenoxy) is 2. The Bertz CT molecular complexity index is 679. The Kier molecular flexibility index (Phi) is 2.71. The van der Waals surface area contributed by atoms with E-state index in [1.54, 1.807) is 32.0 Å². The number of rotatable bonds is 1. The second-order valence-corrected chi connectivity index (χ2v) is 4.65. The fraction of sp³-hybridized carbons (Fsp3) is 0.231. The Morgan fingerprint density at radius 1 is 1.32 bits per heavy atom. The minimum Gasteiger partial charge on any atom is -0.454 e. The quantitative estimate of drug-likeness (QED) is 0.804. The van der Waals surface area contributed by atoms with E-state index in [4.69, 9.17) is 21.1 Å². The molecule has 5 nitrogen and oxygen atoms in total. The highest BCUT2D eigenvalue weighted by Crippen LogP contribution is 2.33. The molecule has 0 aliphatic carbocycles. The van der Waals surface area contributed by atoms with Gasteiger partial charge in [-0.05, 0) is 32.0 Å². The van der Waals surface area contributed by atoms with Crippen LogP contribution >= 0.6 is 11.6 Å². The molecule has 1 aliphatic rings. The minimum atomic E-state index is -0.245. The van der Waals surface area contributed by atoms with Crippen molar-refractivity contribution in [2.45, 2.75) is 13.8 Å². The predicted molar refractivity (Wildman–Crippen MR) is 69.0 cm³/mol. The van der Waals surface area contributed by atoms with Gasteiger partial charge in [0.25, 0.3) is 5.91 Å². The number of benzene rings is 1. The van der Waals surface area contributed by atoms with Crippen LogP contribution in [0.4, 0.5) is 0 Å². The van der Waals surface area contributed by atoms with Gasteiger partial charge in [0.15, 0.2) is 11.5 Å². The van der Waals surface area contributed by atoms with Crippen molar-refractivity contribution < 1.29 is 14.3 Å². The van der Waals surface area contributed by atoms with Crippen LogP contribution in [0.5, 0.6) is 11.5 Å². The summed E-state index contributed by atoms with van der Waals surface area (Å²) in [5, 5.41) is 4.65. The highest BCUT2D eigenvalue weighted by molar-refractivity contribution is 6.32. The van der Waals surface area contributed by atoms with Gasteiger partial charge in [-0.2, -0.15) is 9.78 Å². The smallest absolute Gasteiger partial charge is 0.278 e. The number of carbonyl (C=O) groups is 1. The average molecular weight is 279 g/mol. The van der Waals surface area contributed by atoms with Crippen LogP contribution in [0.3, 0.4) is 0 Å². The molecule has 2 heterocycles. The van der Waals surface area contributed by atoms with E-state index in [1.807, 2.05) is 0 Å². The topological polar surface area (TPSA) is 53.4 Å². The third-order valence-electron chi connectivity index (χ3n) is 3.01. The molecule has 0 radical (unpaired) electrons. The molecule has 2 aromatic rings. The summed E-state index contributed by atoms with van der Waals surface area (Å²) in [6, 6.07) is 5.04. The molecule has 0 saturated heterocycles. The van der Waals surface area contributed by atoms with Crippen molar-refractivity contribution in [1.82, 2.24) is 9.78 Å². The van der Waals surface area contributed by atoms with E-state index in [0.717, 1.165) is 0 Å². The minimum absolute atomic E-state index is 0.179. The molecule has 0 saturated carbocycles. The molecule has 0 atom stereocenters. The predicted octanol–water partition coefficient (Wildman–Crippen LogP) is 2.57. The van der Waals surface area contributed by atoms with Crippen molar-refractivity contribution >= 4 is 17.5 Å². The summed E-state index contributed by atoms with van der Waals surface area (Å²) < 4.78 is 11.8. The maximum atomic E-state index is 12.4. The second-order valence-electron chi connectivity index (χ2n) is 4.27. The first kappa shape index (κ1) is 12.0. The molecule has 0 bridgehead atoms. The Labute approximate surface area is 114 Å². The molecule has 0 fully saturated rings. The molecular formula is C13H11ClN2O3. The normalized spacial score (nSPS) is 12.8. The summed E-state index contributed by atoms with van der Waals surface area (Å²) in [4.78, 5) is 12.4. The van der Waals surface area contributed by atoms with Crippen LogP contribution in [0.25, 0.3) is 0 Å². The summed E-state index contributed by atoms with van der Waals surface area (Å²) >= 11 is 6.04. The third-order valence-corrected chi connectivity index (χ3v) is 3.56. The lowest BCUT2D eigenvalue weighted by Gasteiger charge is -2.04. The first-order chi connectivity index (χ1) is 9.08. The number of hydrogen-bond acceptors (Lipinski definition) is 4. The molecule has 3 rings (SSSR count). The summed E-state index contributed by atoms with van der Waals surface area (Å²) in [7, 11) is 0. The van der Waals surface area contributed by atoms with Gasteiger partial charge in [-0.3, -0.25) is 4.79 Å². The zero-order chi connectivity index (χ0) is 13.6. The lowest BCUT2D eigenvalue weighted by Crippen LogP contribution is -2.15. The molecule has 1 aromatic heterocycles. The summed E-state index contributed by atoms with van der Waals surface area (Å²) in [6.45, 7) is 3.70. The van der Waals surface area contributed by atoms with Crippen LogP contribution in [0.1, 0.15) is 21.7 Å². The van der Waals surface area contributed by atoms with Crippen molar-refractivity contribution in [3.63, 3.8) is 0 Å². The summed E-state index contributed by atoms with van der Waals surface area (Å²) in [5.74, 6) is 0.965. The van der Waals surface area contributed by atoms with Crippen LogP contribution in [0.2, 0.25) is 5.02 Å². The van der Waals surface area contributed by atoms with Crippen LogP contribution in [0, 0.1) is 13.8 Å². The summed E-state index contributed by atoms with van der Waals surface area (Å²) in [5.41, 5.74) is 1.74. The Balaban J connectivity index is 2.02. The zero-order valence-electron chi connectivity index (χ0n) is 10.4. The zero-order valence-corrected chi connectivity index (χ0v) is 11.2. The average Bonchev–Trinajstić information content (AvgIpc) is 2.97. The SMILES string of the molecule is Cc1nn(C(=O)c2ccc3c(c2)OCO3)c(C)c1Cl. The highest BCUT2D eigenvalue weighted by atomic mass is 35.5. The summed E-state index contributed by atoms with van der Waals surface area (Å²) in [6.07, 6.45) is 0. The van der Waals surface area contributed by atoms with E-state index in [-0.39, 0.29) is 12.7 Å². The largest absolute Gasteiger partial charge is 0.454 e. The first-order valence-corrected chi connectivity index (χ1v) is 6.12. The number of nitrogens with zero attached hydrogens (tertiary/aromatic N) is 2. The van der Waals surface area contributed by atoms with E-state index < -0.39 is 0 Å². The molecule has 6 heteroatoms. The van der Waals surface area contributed by atoms with Gasteiger partial charge in [0.05, 0.1) is 16.4 Å². The van der Waals surface area contributed by atoms with E-state index >= 15 is 0 Å². The van der Waals surface area contributed by atoms with Crippen molar-refractivity contribution in [1.29, 1.82) is 0 Å². The van der Waals surface area contributed by atoms with Crippen molar-refractivity contribution in [3.8, 4) is 11.5 Å². The van der Waals surface area contributed by atoms with E-state index in [2.05, 4.69) is 5.10 Å². The molecule has 0 amide bonds. The fourth-order valence-electron chi connectivity index (χ4n) is 1.97. The first-order valence-electron chi connectivity index (χ1n) is 5.74. The Hall–Kier alpha value is -2.01. The molecule has 1 aliphatic heterocycles. The van der Waals surface area contributed by atoms with Crippen molar-refractivity contribution in [2.24, 2.45) is 0 Å². The number of hydrogen-bond donors (Lipinski definition) is 0. The van der Waals surface area contributed by atoms with Crippen LogP contribution < -0.4 is 9.47 Å². The van der Waals surface area contributed by atoms with Gasteiger partial charge >= 0.3 is 0 Å². The molecular weight excluding hydrogens is 268 g/mol. The van der Waals surface area contributed by atoms with Crippen LogP contribution in [-0.4, -0.2) is 22.5 Å². The third kappa shape index (κ3) is 1.86. The molecule has 0 spiro atoms. The van der Waals surface area contributed by atoms with Gasteiger partial charge in [0.2, 0.25) is 6.79 Å². The Morgan fingerprint density at radius 3 is 2.74 bits per heavy atom. The molecule has 0 N–H and O–H groups in total. The van der Waals surface area contributed by atoms with Crippen molar-refractivity contribution in [3.05, 3.63) is 40.2 Å². The highest BCUT2D eigenvalue weighted by Gasteiger charge is 2.20. The van der Waals surface area contributed by atoms with Gasteiger partial charge in [-0.1, -0.05) is 11.6 Å². The number of fused-ring (bicyclic) bond motifs is 1. The van der Waals surface area contributed by atoms with Gasteiger partial charge in [-0.25, -0.2) is 0 Å². The van der Waals surface area contributed by atoms with E-state index in [0.29, 0.717) is 33.5 Å². The van der Waals surface area contributed by atoms with Gasteiger partial charge in [0, 0.05) is 5.56 Å². The van der Waals surface area contributed by atoms with Crippen LogP contribution in [-0.2, 0) is 0 Å². The van der Waals surface area contributed by atoms with Gasteiger partial charge < -0.3 is 9.47 Å². The number of aromatic nitrogens is 2. The maximum absolute atomic E-state index is 12.4. The van der Waals surface area contributed by atoms with Crippen molar-refractivity contribution in [2.75, 3.05) is 6.79 Å². The number of aryl methyl sites for hydroxylation is 1. The molecule has 0 unspecified atom stereocenters. The lowest BCUT2D eigenvalue weighted by molar-refractivity contribution is 0.0942. The number of carbonyl (C=O) groups excluding carboxylic acids is 1. The molecule has 98 valence electrons. The standard InChI is InChI=1S/C13H11ClN2O3/c1-7-12(14)8(2)16(15-7)13(17)9-3-4-10-11(5-9)19-6-18-10/h3-5H,6H2,1-2H3. The Morgan fingerprint density at radius 2 is 2.05 bits per heavy atom. The van der Waals surface area contributed by atoms with Gasteiger partial charge in [-0.15, -0.1) is 0 Å². The molecule has 19 heavy (non-hydrogen) atoms. The number of halogens is 1. The second kappa shape index (κ2) is 4.28. The monoisotopic (exact) mass is 278 g/mol. The van der Waals surface area contributed by atoms with E-state index in [9.17, 15) is 4.79 Å². The maximum Gasteiger partial charge on any atom is 0.278 e. The fourth-order valence-corrected chi connectivity index (χ4v) is 2.09. The van der Waals surface area contributed by atoms with Gasteiger partial charge in [0.1, 0.15) is 0 Å². The van der Waals surface area contributed by atoms with E-state index in [1.165, 1.54) is 4.68 Å².